The lowest BCUT2D eigenvalue weighted by molar-refractivity contribution is 0.711. The number of aromatic nitrogens is 2. The highest BCUT2D eigenvalue weighted by atomic mass is 32.1. The summed E-state index contributed by atoms with van der Waals surface area (Å²) in [5, 5.41) is 0.872. The minimum atomic E-state index is 0.0620. The van der Waals surface area contributed by atoms with Gasteiger partial charge in [0, 0.05) is 4.88 Å². The van der Waals surface area contributed by atoms with Crippen molar-refractivity contribution in [2.24, 2.45) is 0 Å². The molecule has 5 heteroatoms. The van der Waals surface area contributed by atoms with Crippen molar-refractivity contribution in [3.63, 3.8) is 0 Å². The minimum absolute atomic E-state index is 0.0620. The van der Waals surface area contributed by atoms with Crippen LogP contribution in [0.5, 0.6) is 0 Å². The Balaban J connectivity index is 1.90. The van der Waals surface area contributed by atoms with Gasteiger partial charge in [0.05, 0.1) is 11.9 Å². The topological polar surface area (TPSA) is 37.8 Å². The molecule has 1 aromatic carbocycles. The van der Waals surface area contributed by atoms with Crippen molar-refractivity contribution in [3.05, 3.63) is 61.5 Å². The Hall–Kier alpha value is -1.72. The summed E-state index contributed by atoms with van der Waals surface area (Å²) in [6.45, 7) is 0.523. The molecular formula is C18H18N2OS2. The summed E-state index contributed by atoms with van der Waals surface area (Å²) in [4.78, 5) is 18.7. The van der Waals surface area contributed by atoms with Crippen molar-refractivity contribution >= 4 is 33.8 Å². The highest BCUT2D eigenvalue weighted by molar-refractivity contribution is 7.71. The summed E-state index contributed by atoms with van der Waals surface area (Å²) in [5.74, 6) is 0. The van der Waals surface area contributed by atoms with Gasteiger partial charge in [0.15, 0.2) is 4.77 Å². The molecular weight excluding hydrogens is 324 g/mol. The lowest BCUT2D eigenvalue weighted by atomic mass is 10.1. The molecule has 2 heterocycles. The maximum Gasteiger partial charge on any atom is 0.263 e. The van der Waals surface area contributed by atoms with E-state index in [1.165, 1.54) is 29.7 Å². The first-order valence-corrected chi connectivity index (χ1v) is 9.28. The first-order chi connectivity index (χ1) is 11.2. The van der Waals surface area contributed by atoms with Crippen molar-refractivity contribution in [1.82, 2.24) is 9.55 Å². The molecule has 0 spiro atoms. The molecule has 0 atom stereocenters. The van der Waals surface area contributed by atoms with E-state index in [2.05, 4.69) is 4.98 Å². The van der Waals surface area contributed by atoms with Crippen LogP contribution in [0.25, 0.3) is 10.2 Å². The molecule has 0 saturated heterocycles. The second kappa shape index (κ2) is 6.06. The average Bonchev–Trinajstić information content (AvgIpc) is 2.74. The molecule has 0 bridgehead atoms. The monoisotopic (exact) mass is 342 g/mol. The Morgan fingerprint density at radius 1 is 1.13 bits per heavy atom. The number of hydrogen-bond donors (Lipinski definition) is 1. The van der Waals surface area contributed by atoms with E-state index in [0.717, 1.165) is 28.6 Å². The molecule has 0 unspecified atom stereocenters. The zero-order chi connectivity index (χ0) is 15.8. The van der Waals surface area contributed by atoms with Gasteiger partial charge in [0.1, 0.15) is 4.83 Å². The second-order valence-corrected chi connectivity index (χ2v) is 7.57. The number of fused-ring (bicyclic) bond motifs is 3. The van der Waals surface area contributed by atoms with Gasteiger partial charge in [0.25, 0.3) is 5.56 Å². The molecule has 0 fully saturated rings. The van der Waals surface area contributed by atoms with Crippen LogP contribution in [0.3, 0.4) is 0 Å². The van der Waals surface area contributed by atoms with Crippen LogP contribution in [0.4, 0.5) is 0 Å². The average molecular weight is 342 g/mol. The summed E-state index contributed by atoms with van der Waals surface area (Å²) in [5.41, 5.74) is 2.42. The SMILES string of the molecule is O=c1c2c3c(sc2[nH]c(=S)n1Cc1ccccc1)CCCCC3. The summed E-state index contributed by atoms with van der Waals surface area (Å²) >= 11 is 7.17. The number of nitrogens with zero attached hydrogens (tertiary/aromatic N) is 1. The molecule has 0 saturated carbocycles. The third-order valence-electron chi connectivity index (χ3n) is 4.53. The lowest BCUT2D eigenvalue weighted by Crippen LogP contribution is -2.23. The zero-order valence-electron chi connectivity index (χ0n) is 12.8. The smallest absolute Gasteiger partial charge is 0.263 e. The predicted octanol–water partition coefficient (Wildman–Crippen LogP) is 4.44. The van der Waals surface area contributed by atoms with Gasteiger partial charge in [-0.25, -0.2) is 0 Å². The number of rotatable bonds is 2. The number of hydrogen-bond acceptors (Lipinski definition) is 3. The van der Waals surface area contributed by atoms with Crippen LogP contribution in [0.2, 0.25) is 0 Å². The molecule has 3 nitrogen and oxygen atoms in total. The summed E-state index contributed by atoms with van der Waals surface area (Å²) in [7, 11) is 0. The molecule has 118 valence electrons. The Labute approximate surface area is 143 Å². The van der Waals surface area contributed by atoms with Gasteiger partial charge in [0.2, 0.25) is 0 Å². The minimum Gasteiger partial charge on any atom is -0.323 e. The van der Waals surface area contributed by atoms with Gasteiger partial charge in [-0.05, 0) is 49.0 Å². The zero-order valence-corrected chi connectivity index (χ0v) is 14.4. The predicted molar refractivity (Wildman–Crippen MR) is 98.1 cm³/mol. The van der Waals surface area contributed by atoms with Gasteiger partial charge in [-0.1, -0.05) is 36.8 Å². The molecule has 23 heavy (non-hydrogen) atoms. The highest BCUT2D eigenvalue weighted by Crippen LogP contribution is 2.32. The van der Waals surface area contributed by atoms with E-state index in [9.17, 15) is 4.79 Å². The first kappa shape index (κ1) is 14.8. The Bertz CT molecular complexity index is 966. The van der Waals surface area contributed by atoms with Crippen LogP contribution >= 0.6 is 23.6 Å². The molecule has 2 aromatic heterocycles. The summed E-state index contributed by atoms with van der Waals surface area (Å²) < 4.78 is 2.22. The number of thiophene rings is 1. The van der Waals surface area contributed by atoms with Gasteiger partial charge < -0.3 is 4.98 Å². The quantitative estimate of drug-likeness (QED) is 0.552. The molecule has 0 amide bonds. The van der Waals surface area contributed by atoms with Crippen LogP contribution in [0, 0.1) is 4.77 Å². The van der Waals surface area contributed by atoms with E-state index in [4.69, 9.17) is 12.2 Å². The third kappa shape index (κ3) is 2.68. The van der Waals surface area contributed by atoms with Crippen LogP contribution in [-0.2, 0) is 19.4 Å². The number of benzene rings is 1. The van der Waals surface area contributed by atoms with Gasteiger partial charge in [-0.2, -0.15) is 0 Å². The molecule has 1 aliphatic rings. The first-order valence-electron chi connectivity index (χ1n) is 8.05. The van der Waals surface area contributed by atoms with E-state index >= 15 is 0 Å². The van der Waals surface area contributed by atoms with E-state index in [1.54, 1.807) is 15.9 Å². The number of nitrogens with one attached hydrogen (secondary N) is 1. The fourth-order valence-electron chi connectivity index (χ4n) is 3.36. The fraction of sp³-hybridized carbons (Fsp3) is 0.333. The Kier molecular flexibility index (Phi) is 3.91. The van der Waals surface area contributed by atoms with Crippen molar-refractivity contribution in [2.75, 3.05) is 0 Å². The van der Waals surface area contributed by atoms with Crippen molar-refractivity contribution in [3.8, 4) is 0 Å². The van der Waals surface area contributed by atoms with Crippen molar-refractivity contribution < 1.29 is 0 Å². The maximum absolute atomic E-state index is 13.1. The molecule has 1 aliphatic carbocycles. The molecule has 0 radical (unpaired) electrons. The van der Waals surface area contributed by atoms with Crippen molar-refractivity contribution in [2.45, 2.75) is 38.6 Å². The van der Waals surface area contributed by atoms with E-state index in [0.29, 0.717) is 11.3 Å². The van der Waals surface area contributed by atoms with Gasteiger partial charge >= 0.3 is 0 Å². The Morgan fingerprint density at radius 2 is 1.91 bits per heavy atom. The van der Waals surface area contributed by atoms with Gasteiger partial charge in [-0.15, -0.1) is 11.3 Å². The van der Waals surface area contributed by atoms with E-state index in [-0.39, 0.29) is 5.56 Å². The second-order valence-electron chi connectivity index (χ2n) is 6.08. The van der Waals surface area contributed by atoms with Crippen LogP contribution in [-0.4, -0.2) is 9.55 Å². The molecule has 1 N–H and O–H groups in total. The largest absolute Gasteiger partial charge is 0.323 e. The molecule has 4 rings (SSSR count). The van der Waals surface area contributed by atoms with Gasteiger partial charge in [-0.3, -0.25) is 9.36 Å². The van der Waals surface area contributed by atoms with Crippen LogP contribution in [0.15, 0.2) is 35.1 Å². The normalized spacial score (nSPS) is 14.6. The number of aromatic amines is 1. The standard InChI is InChI=1S/C18H18N2OS2/c21-17-15-13-9-5-2-6-10-14(13)23-16(15)19-18(22)20(17)11-12-7-3-1-4-8-12/h1,3-4,7-8H,2,5-6,9-11H2,(H,19,22). The number of H-pyrrole nitrogens is 1. The highest BCUT2D eigenvalue weighted by Gasteiger charge is 2.19. The molecule has 0 aliphatic heterocycles. The summed E-state index contributed by atoms with van der Waals surface area (Å²) in [6, 6.07) is 10.0. The fourth-order valence-corrected chi connectivity index (χ4v) is 4.95. The van der Waals surface area contributed by atoms with E-state index in [1.807, 2.05) is 30.3 Å². The lowest BCUT2D eigenvalue weighted by Gasteiger charge is -2.07. The van der Waals surface area contributed by atoms with Crippen molar-refractivity contribution in [1.29, 1.82) is 0 Å². The maximum atomic E-state index is 13.1. The number of aryl methyl sites for hydroxylation is 2. The molecule has 3 aromatic rings. The Morgan fingerprint density at radius 3 is 2.74 bits per heavy atom. The van der Waals surface area contributed by atoms with E-state index < -0.39 is 0 Å². The van der Waals surface area contributed by atoms with Crippen LogP contribution < -0.4 is 5.56 Å². The third-order valence-corrected chi connectivity index (χ3v) is 6.06. The van der Waals surface area contributed by atoms with Crippen LogP contribution in [0.1, 0.15) is 35.3 Å². The summed E-state index contributed by atoms with van der Waals surface area (Å²) in [6.07, 6.45) is 5.75.